The largest absolute Gasteiger partial charge is 0.492 e. The number of carbonyl (C=O) groups excluding carboxylic acids is 1. The van der Waals surface area contributed by atoms with E-state index in [0.29, 0.717) is 43.2 Å². The van der Waals surface area contributed by atoms with Gasteiger partial charge in [0.25, 0.3) is 5.91 Å². The van der Waals surface area contributed by atoms with E-state index in [1.54, 1.807) is 30.5 Å². The summed E-state index contributed by atoms with van der Waals surface area (Å²) in [5, 5.41) is 19.6. The molecule has 39 heavy (non-hydrogen) atoms. The van der Waals surface area contributed by atoms with Crippen molar-refractivity contribution in [1.82, 2.24) is 14.8 Å². The zero-order valence-electron chi connectivity index (χ0n) is 23.1. The molecular weight excluding hydrogens is 501 g/mol. The highest BCUT2D eigenvalue weighted by Crippen LogP contribution is 2.32. The molecule has 3 heterocycles. The molecule has 2 atom stereocenters. The molecule has 2 aromatic rings. The number of rotatable bonds is 10. The lowest BCUT2D eigenvalue weighted by Gasteiger charge is -2.36. The first-order chi connectivity index (χ1) is 18.6. The van der Waals surface area contributed by atoms with Gasteiger partial charge in [0.1, 0.15) is 17.0 Å². The van der Waals surface area contributed by atoms with Crippen molar-refractivity contribution in [2.75, 3.05) is 32.8 Å². The molecule has 1 amide bonds. The quantitative estimate of drug-likeness (QED) is 0.459. The van der Waals surface area contributed by atoms with Crippen LogP contribution in [0.15, 0.2) is 42.6 Å². The van der Waals surface area contributed by atoms with Gasteiger partial charge < -0.3 is 24.7 Å². The predicted octanol–water partition coefficient (Wildman–Crippen LogP) is 4.42. The molecule has 2 saturated heterocycles. The van der Waals surface area contributed by atoms with Crippen molar-refractivity contribution in [1.29, 1.82) is 0 Å². The number of hydrogen-bond acceptors (Lipinski definition) is 6. The van der Waals surface area contributed by atoms with E-state index < -0.39 is 29.2 Å². The lowest BCUT2D eigenvalue weighted by atomic mass is 9.94. The van der Waals surface area contributed by atoms with Crippen LogP contribution in [0, 0.1) is 5.92 Å². The van der Waals surface area contributed by atoms with Gasteiger partial charge in [-0.05, 0) is 75.9 Å². The van der Waals surface area contributed by atoms with E-state index in [4.69, 9.17) is 4.74 Å². The summed E-state index contributed by atoms with van der Waals surface area (Å²) in [6.07, 6.45) is 3.90. The van der Waals surface area contributed by atoms with Crippen molar-refractivity contribution in [3.63, 3.8) is 0 Å². The van der Waals surface area contributed by atoms with Crippen LogP contribution in [0.5, 0.6) is 5.75 Å². The number of ether oxygens (including phenoxy) is 1. The van der Waals surface area contributed by atoms with Crippen LogP contribution < -0.4 is 4.74 Å². The fraction of sp³-hybridized carbons (Fsp3) is 0.567. The van der Waals surface area contributed by atoms with E-state index in [1.165, 1.54) is 11.8 Å². The van der Waals surface area contributed by atoms with Gasteiger partial charge in [-0.3, -0.25) is 9.78 Å². The number of hydrogen-bond donors (Lipinski definition) is 2. The maximum Gasteiger partial charge on any atom is 0.329 e. The number of alkyl halides is 1. The van der Waals surface area contributed by atoms with Crippen LogP contribution in [-0.4, -0.2) is 87.0 Å². The summed E-state index contributed by atoms with van der Waals surface area (Å²) in [6.45, 7) is 8.18. The monoisotopic (exact) mass is 541 g/mol. The smallest absolute Gasteiger partial charge is 0.329 e. The number of likely N-dealkylation sites (tertiary alicyclic amines) is 2. The Morgan fingerprint density at radius 3 is 2.36 bits per heavy atom. The Kier molecular flexibility index (Phi) is 8.91. The SMILES string of the molecule is CCC(F)(CC)CN1CCC(COc2ccc(-c3ccc(C(=O)N4CC(O)CC4(C)C(=O)O)cc3)nc2)CC1. The predicted molar refractivity (Wildman–Crippen MR) is 146 cm³/mol. The van der Waals surface area contributed by atoms with Gasteiger partial charge in [0.15, 0.2) is 0 Å². The highest BCUT2D eigenvalue weighted by atomic mass is 19.1. The summed E-state index contributed by atoms with van der Waals surface area (Å²) in [4.78, 5) is 32.7. The number of nitrogens with zero attached hydrogens (tertiary/aromatic N) is 3. The highest BCUT2D eigenvalue weighted by Gasteiger charge is 2.49. The Morgan fingerprint density at radius 2 is 1.79 bits per heavy atom. The molecular formula is C30H40FN3O5. The molecule has 0 bridgehead atoms. The van der Waals surface area contributed by atoms with Crippen molar-refractivity contribution in [2.24, 2.45) is 5.92 Å². The molecule has 0 spiro atoms. The Hall–Kier alpha value is -3.04. The van der Waals surface area contributed by atoms with E-state index in [0.717, 1.165) is 37.2 Å². The Morgan fingerprint density at radius 1 is 1.13 bits per heavy atom. The van der Waals surface area contributed by atoms with Gasteiger partial charge in [0, 0.05) is 30.6 Å². The number of carbonyl (C=O) groups is 2. The maximum atomic E-state index is 14.7. The third kappa shape index (κ3) is 6.58. The van der Waals surface area contributed by atoms with Gasteiger partial charge in [0.2, 0.25) is 0 Å². The highest BCUT2D eigenvalue weighted by molar-refractivity contribution is 5.98. The number of aliphatic hydroxyl groups is 1. The fourth-order valence-corrected chi connectivity index (χ4v) is 5.53. The first kappa shape index (κ1) is 29.0. The van der Waals surface area contributed by atoms with Crippen LogP contribution in [0.25, 0.3) is 11.3 Å². The molecule has 2 unspecified atom stereocenters. The van der Waals surface area contributed by atoms with E-state index in [-0.39, 0.29) is 13.0 Å². The van der Waals surface area contributed by atoms with Gasteiger partial charge in [-0.25, -0.2) is 9.18 Å². The summed E-state index contributed by atoms with van der Waals surface area (Å²) < 4.78 is 20.7. The van der Waals surface area contributed by atoms with Crippen LogP contribution in [0.1, 0.15) is 63.2 Å². The fourth-order valence-electron chi connectivity index (χ4n) is 5.53. The van der Waals surface area contributed by atoms with Crippen molar-refractivity contribution < 1.29 is 28.9 Å². The zero-order valence-corrected chi connectivity index (χ0v) is 23.1. The number of benzene rings is 1. The third-order valence-corrected chi connectivity index (χ3v) is 8.46. The van der Waals surface area contributed by atoms with E-state index in [2.05, 4.69) is 9.88 Å². The molecule has 2 N–H and O–H groups in total. The third-order valence-electron chi connectivity index (χ3n) is 8.46. The summed E-state index contributed by atoms with van der Waals surface area (Å²) >= 11 is 0. The second-order valence-electron chi connectivity index (χ2n) is 11.2. The second-order valence-corrected chi connectivity index (χ2v) is 11.2. The number of β-amino-alcohol motifs (C(OH)–C–C–N with tert-alkyl or cyclic N) is 1. The second kappa shape index (κ2) is 12.0. The summed E-state index contributed by atoms with van der Waals surface area (Å²) in [6, 6.07) is 10.6. The van der Waals surface area contributed by atoms with Gasteiger partial charge in [-0.2, -0.15) is 0 Å². The number of carboxylic acid groups (broad SMARTS) is 1. The molecule has 8 nitrogen and oxygen atoms in total. The van der Waals surface area contributed by atoms with Crippen molar-refractivity contribution in [3.05, 3.63) is 48.2 Å². The molecule has 0 saturated carbocycles. The molecule has 1 aromatic heterocycles. The van der Waals surface area contributed by atoms with Gasteiger partial charge in [-0.1, -0.05) is 26.0 Å². The van der Waals surface area contributed by atoms with E-state index in [9.17, 15) is 24.2 Å². The number of aromatic nitrogens is 1. The number of aliphatic carboxylic acids is 1. The number of piperidine rings is 1. The Labute approximate surface area is 229 Å². The number of aliphatic hydroxyl groups excluding tert-OH is 1. The number of halogens is 1. The van der Waals surface area contributed by atoms with Crippen LogP contribution in [0.3, 0.4) is 0 Å². The molecule has 2 aliphatic heterocycles. The maximum absolute atomic E-state index is 14.7. The van der Waals surface area contributed by atoms with E-state index >= 15 is 0 Å². The summed E-state index contributed by atoms with van der Waals surface area (Å²) in [7, 11) is 0. The Balaban J connectivity index is 1.29. The molecule has 0 radical (unpaired) electrons. The zero-order chi connectivity index (χ0) is 28.2. The summed E-state index contributed by atoms with van der Waals surface area (Å²) in [5.74, 6) is -0.436. The van der Waals surface area contributed by atoms with Gasteiger partial charge >= 0.3 is 5.97 Å². The molecule has 0 aliphatic carbocycles. The van der Waals surface area contributed by atoms with Gasteiger partial charge in [0.05, 0.1) is 24.6 Å². The Bertz CT molecular complexity index is 1130. The van der Waals surface area contributed by atoms with Crippen molar-refractivity contribution in [3.8, 4) is 17.0 Å². The molecule has 4 rings (SSSR count). The van der Waals surface area contributed by atoms with Crippen molar-refractivity contribution >= 4 is 11.9 Å². The summed E-state index contributed by atoms with van der Waals surface area (Å²) in [5.41, 5.74) is -0.633. The molecule has 2 aliphatic rings. The molecule has 212 valence electrons. The molecule has 9 heteroatoms. The van der Waals surface area contributed by atoms with Crippen LogP contribution >= 0.6 is 0 Å². The number of amides is 1. The lowest BCUT2D eigenvalue weighted by molar-refractivity contribution is -0.147. The van der Waals surface area contributed by atoms with Crippen LogP contribution in [-0.2, 0) is 4.79 Å². The first-order valence-electron chi connectivity index (χ1n) is 13.9. The average molecular weight is 542 g/mol. The minimum absolute atomic E-state index is 0.00137. The number of pyridine rings is 1. The minimum atomic E-state index is -1.44. The van der Waals surface area contributed by atoms with E-state index in [1.807, 2.05) is 26.0 Å². The number of carboxylic acids is 1. The topological polar surface area (TPSA) is 103 Å². The average Bonchev–Trinajstić information content (AvgIpc) is 3.27. The van der Waals surface area contributed by atoms with Crippen LogP contribution in [0.4, 0.5) is 4.39 Å². The minimum Gasteiger partial charge on any atom is -0.492 e. The molecule has 1 aromatic carbocycles. The van der Waals surface area contributed by atoms with Gasteiger partial charge in [-0.15, -0.1) is 0 Å². The standard InChI is InChI=1S/C30H40FN3O5/c1-4-30(31,5-2)20-33-14-12-21(13-15-33)19-39-25-10-11-26(32-17-25)22-6-8-23(9-7-22)27(36)34-18-24(35)16-29(34,3)28(37)38/h6-11,17,21,24,35H,4-5,12-16,18-20H2,1-3H3,(H,37,38). The lowest BCUT2D eigenvalue weighted by Crippen LogP contribution is -2.50. The first-order valence-corrected chi connectivity index (χ1v) is 13.9. The molecule has 2 fully saturated rings. The van der Waals surface area contributed by atoms with Crippen LogP contribution in [0.2, 0.25) is 0 Å². The van der Waals surface area contributed by atoms with Crippen molar-refractivity contribution in [2.45, 2.75) is 70.2 Å². The normalized spacial score (nSPS) is 22.7.